The van der Waals surface area contributed by atoms with Gasteiger partial charge >= 0.3 is 0 Å². The maximum Gasteiger partial charge on any atom is 0.269 e. The molecule has 1 saturated heterocycles. The molecule has 25 heavy (non-hydrogen) atoms. The zero-order valence-electron chi connectivity index (χ0n) is 14.9. The van der Waals surface area contributed by atoms with Crippen LogP contribution in [0.2, 0.25) is 0 Å². The largest absolute Gasteiger partial charge is 0.368 e. The summed E-state index contributed by atoms with van der Waals surface area (Å²) in [5, 5.41) is 6.82. The van der Waals surface area contributed by atoms with E-state index in [1.165, 1.54) is 12.8 Å². The number of piperidine rings is 1. The van der Waals surface area contributed by atoms with Crippen LogP contribution < -0.4 is 5.73 Å². The Morgan fingerprint density at radius 3 is 2.92 bits per heavy atom. The van der Waals surface area contributed by atoms with Crippen LogP contribution in [0.5, 0.6) is 0 Å². The van der Waals surface area contributed by atoms with Crippen molar-refractivity contribution >= 4 is 11.8 Å². The highest BCUT2D eigenvalue weighted by Gasteiger charge is 2.27. The molecule has 2 heterocycles. The molecule has 0 bridgehead atoms. The van der Waals surface area contributed by atoms with Gasteiger partial charge in [0.05, 0.1) is 6.10 Å². The summed E-state index contributed by atoms with van der Waals surface area (Å²) in [6, 6.07) is 1.70. The lowest BCUT2D eigenvalue weighted by Crippen LogP contribution is -2.41. The lowest BCUT2D eigenvalue weighted by atomic mass is 9.89. The first-order valence-corrected chi connectivity index (χ1v) is 9.27. The van der Waals surface area contributed by atoms with Gasteiger partial charge in [-0.15, -0.1) is 0 Å². The minimum absolute atomic E-state index is 0.0533. The minimum atomic E-state index is -0.540. The summed E-state index contributed by atoms with van der Waals surface area (Å²) < 4.78 is 5.87. The quantitative estimate of drug-likeness (QED) is 0.847. The Hall–Kier alpha value is -1.89. The molecule has 1 aliphatic carbocycles. The number of nitrogens with zero attached hydrogens (tertiary/aromatic N) is 2. The molecule has 3 unspecified atom stereocenters. The molecule has 3 atom stereocenters. The fourth-order valence-corrected chi connectivity index (χ4v) is 3.94. The lowest BCUT2D eigenvalue weighted by Gasteiger charge is -2.33. The maximum absolute atomic E-state index is 12.5. The fraction of sp³-hybridized carbons (Fsp3) is 0.722. The van der Waals surface area contributed by atoms with Gasteiger partial charge in [-0.1, -0.05) is 19.8 Å². The van der Waals surface area contributed by atoms with E-state index in [9.17, 15) is 9.59 Å². The normalized spacial score (nSPS) is 27.2. The molecule has 0 spiro atoms. The Bertz CT molecular complexity index is 615. The monoisotopic (exact) mass is 348 g/mol. The van der Waals surface area contributed by atoms with Crippen LogP contribution in [0.1, 0.15) is 67.5 Å². The van der Waals surface area contributed by atoms with E-state index in [0.717, 1.165) is 37.9 Å². The second-order valence-corrected chi connectivity index (χ2v) is 7.46. The van der Waals surface area contributed by atoms with E-state index in [4.69, 9.17) is 10.5 Å². The van der Waals surface area contributed by atoms with E-state index >= 15 is 0 Å². The van der Waals surface area contributed by atoms with Crippen molar-refractivity contribution < 1.29 is 14.3 Å². The topological polar surface area (TPSA) is 101 Å². The van der Waals surface area contributed by atoms with Gasteiger partial charge in [-0.3, -0.25) is 14.7 Å². The van der Waals surface area contributed by atoms with Crippen molar-refractivity contribution in [2.24, 2.45) is 11.7 Å². The summed E-state index contributed by atoms with van der Waals surface area (Å²) in [6.07, 6.45) is 6.68. The Balaban J connectivity index is 1.51. The molecular formula is C18H28N4O3. The number of rotatable bonds is 5. The summed E-state index contributed by atoms with van der Waals surface area (Å²) in [6.45, 7) is 3.80. The van der Waals surface area contributed by atoms with Gasteiger partial charge in [0.15, 0.2) is 0 Å². The molecule has 0 radical (unpaired) electrons. The summed E-state index contributed by atoms with van der Waals surface area (Å²) in [7, 11) is 0. The van der Waals surface area contributed by atoms with Gasteiger partial charge in [0.25, 0.3) is 5.91 Å². The Kier molecular flexibility index (Phi) is 5.73. The number of primary amides is 1. The van der Waals surface area contributed by atoms with E-state index in [1.807, 2.05) is 4.90 Å². The van der Waals surface area contributed by atoms with Crippen LogP contribution in [0.25, 0.3) is 0 Å². The SMILES string of the molecule is CC1CCCC(OCC(=O)N2CCCC(c3cc(C(N)=O)n[nH]3)C2)C1. The molecule has 2 fully saturated rings. The predicted octanol–water partition coefficient (Wildman–Crippen LogP) is 1.81. The Labute approximate surface area is 148 Å². The van der Waals surface area contributed by atoms with Gasteiger partial charge in [-0.05, 0) is 37.7 Å². The highest BCUT2D eigenvalue weighted by atomic mass is 16.5. The van der Waals surface area contributed by atoms with Gasteiger partial charge in [0.1, 0.15) is 12.3 Å². The van der Waals surface area contributed by atoms with Crippen LogP contribution in [-0.2, 0) is 9.53 Å². The number of amides is 2. The van der Waals surface area contributed by atoms with Gasteiger partial charge in [0.2, 0.25) is 5.91 Å². The van der Waals surface area contributed by atoms with Crippen molar-refractivity contribution in [1.82, 2.24) is 15.1 Å². The molecule has 2 aliphatic rings. The number of carbonyl (C=O) groups is 2. The van der Waals surface area contributed by atoms with Crippen molar-refractivity contribution in [3.63, 3.8) is 0 Å². The molecule has 1 aliphatic heterocycles. The van der Waals surface area contributed by atoms with Crippen molar-refractivity contribution in [2.45, 2.75) is 57.5 Å². The molecule has 2 amide bonds. The van der Waals surface area contributed by atoms with Crippen molar-refractivity contribution in [1.29, 1.82) is 0 Å². The number of ether oxygens (including phenoxy) is 1. The lowest BCUT2D eigenvalue weighted by molar-refractivity contribution is -0.140. The molecule has 0 aromatic carbocycles. The zero-order chi connectivity index (χ0) is 17.8. The molecular weight excluding hydrogens is 320 g/mol. The molecule has 3 N–H and O–H groups in total. The van der Waals surface area contributed by atoms with Crippen LogP contribution >= 0.6 is 0 Å². The average Bonchev–Trinajstić information content (AvgIpc) is 3.10. The number of hydrogen-bond acceptors (Lipinski definition) is 4. The minimum Gasteiger partial charge on any atom is -0.368 e. The third-order valence-electron chi connectivity index (χ3n) is 5.39. The van der Waals surface area contributed by atoms with Crippen LogP contribution in [0.15, 0.2) is 6.07 Å². The Morgan fingerprint density at radius 2 is 2.20 bits per heavy atom. The third kappa shape index (κ3) is 4.60. The van der Waals surface area contributed by atoms with Crippen molar-refractivity contribution in [3.05, 3.63) is 17.5 Å². The van der Waals surface area contributed by atoms with Crippen molar-refractivity contribution in [2.75, 3.05) is 19.7 Å². The summed E-state index contributed by atoms with van der Waals surface area (Å²) in [5.41, 5.74) is 6.36. The number of hydrogen-bond donors (Lipinski definition) is 2. The third-order valence-corrected chi connectivity index (χ3v) is 5.39. The first-order chi connectivity index (χ1) is 12.0. The van der Waals surface area contributed by atoms with Gasteiger partial charge in [-0.2, -0.15) is 5.10 Å². The van der Waals surface area contributed by atoms with E-state index in [1.54, 1.807) is 6.07 Å². The van der Waals surface area contributed by atoms with Crippen LogP contribution in [0.3, 0.4) is 0 Å². The molecule has 1 aromatic heterocycles. The first kappa shape index (κ1) is 17.9. The summed E-state index contributed by atoms with van der Waals surface area (Å²) in [5.74, 6) is 0.361. The van der Waals surface area contributed by atoms with E-state index in [0.29, 0.717) is 12.5 Å². The highest BCUT2D eigenvalue weighted by Crippen LogP contribution is 2.27. The highest BCUT2D eigenvalue weighted by molar-refractivity contribution is 5.90. The van der Waals surface area contributed by atoms with Crippen LogP contribution in [0, 0.1) is 5.92 Å². The summed E-state index contributed by atoms with van der Waals surface area (Å²) >= 11 is 0. The Morgan fingerprint density at radius 1 is 1.36 bits per heavy atom. The second-order valence-electron chi connectivity index (χ2n) is 7.46. The second kappa shape index (κ2) is 7.99. The number of aromatic amines is 1. The fourth-order valence-electron chi connectivity index (χ4n) is 3.94. The van der Waals surface area contributed by atoms with Gasteiger partial charge in [0, 0.05) is 24.7 Å². The van der Waals surface area contributed by atoms with Crippen LogP contribution in [-0.4, -0.2) is 52.7 Å². The van der Waals surface area contributed by atoms with E-state index in [2.05, 4.69) is 17.1 Å². The zero-order valence-corrected chi connectivity index (χ0v) is 14.9. The smallest absolute Gasteiger partial charge is 0.269 e. The molecule has 7 heteroatoms. The number of nitrogens with one attached hydrogen (secondary N) is 1. The predicted molar refractivity (Wildman–Crippen MR) is 93.0 cm³/mol. The van der Waals surface area contributed by atoms with E-state index < -0.39 is 5.91 Å². The standard InChI is InChI=1S/C18H28N4O3/c1-12-4-2-6-14(8-12)25-11-17(23)22-7-3-5-13(10-22)15-9-16(18(19)24)21-20-15/h9,12-14H,2-8,10-11H2,1H3,(H2,19,24)(H,20,21). The number of H-pyrrole nitrogens is 1. The average molecular weight is 348 g/mol. The number of likely N-dealkylation sites (tertiary alicyclic amines) is 1. The molecule has 3 rings (SSSR count). The molecule has 1 aromatic rings. The number of nitrogens with two attached hydrogens (primary N) is 1. The van der Waals surface area contributed by atoms with E-state index in [-0.39, 0.29) is 30.2 Å². The number of carbonyl (C=O) groups excluding carboxylic acids is 2. The van der Waals surface area contributed by atoms with Gasteiger partial charge in [-0.25, -0.2) is 0 Å². The molecule has 138 valence electrons. The number of aromatic nitrogens is 2. The van der Waals surface area contributed by atoms with Gasteiger partial charge < -0.3 is 15.4 Å². The van der Waals surface area contributed by atoms with Crippen LogP contribution in [0.4, 0.5) is 0 Å². The van der Waals surface area contributed by atoms with Crippen molar-refractivity contribution in [3.8, 4) is 0 Å². The molecule has 7 nitrogen and oxygen atoms in total. The molecule has 1 saturated carbocycles. The first-order valence-electron chi connectivity index (χ1n) is 9.27. The summed E-state index contributed by atoms with van der Waals surface area (Å²) in [4.78, 5) is 25.6. The maximum atomic E-state index is 12.5.